The van der Waals surface area contributed by atoms with Gasteiger partial charge in [0.2, 0.25) is 5.91 Å². The molecule has 242 valence electrons. The fourth-order valence-corrected chi connectivity index (χ4v) is 2.23. The molecule has 1 unspecified atom stereocenters. The van der Waals surface area contributed by atoms with Crippen LogP contribution < -0.4 is 55.6 Å². The fourth-order valence-electron chi connectivity index (χ4n) is 2.23. The molecule has 25 heteroatoms. The molecule has 14 N–H and O–H groups in total. The van der Waals surface area contributed by atoms with Crippen molar-refractivity contribution in [3.8, 4) is 6.07 Å². The minimum absolute atomic E-state index is 0.0600. The first kappa shape index (κ1) is 38.0. The SMILES string of the molecule is CNC(=O)N=CNC(=O)NC.CNC(=O)n1cnc(C(N)=O)c1N.Cn1nnc2c(C(N)=O)ncn2c1=O.N#CC(N)C(N)=O. The number of aryl methyl sites for hydroxylation is 1. The summed E-state index contributed by atoms with van der Waals surface area (Å²) in [6, 6.07) is -1.09. The predicted octanol–water partition coefficient (Wildman–Crippen LogP) is -5.72. The maximum Gasteiger partial charge on any atom is 0.352 e. The van der Waals surface area contributed by atoms with Crippen LogP contribution >= 0.6 is 0 Å². The number of amides is 8. The second kappa shape index (κ2) is 18.5. The summed E-state index contributed by atoms with van der Waals surface area (Å²) in [7, 11) is 5.78. The van der Waals surface area contributed by atoms with Gasteiger partial charge in [-0.15, -0.1) is 5.10 Å². The van der Waals surface area contributed by atoms with Gasteiger partial charge in [0.1, 0.15) is 24.8 Å². The maximum absolute atomic E-state index is 11.4. The zero-order chi connectivity index (χ0) is 34.9. The summed E-state index contributed by atoms with van der Waals surface area (Å²) >= 11 is 0. The average molecular weight is 635 g/mol. The number of nitrogen functional groups attached to an aromatic ring is 1. The maximum atomic E-state index is 11.4. The molecule has 0 aliphatic rings. The van der Waals surface area contributed by atoms with Gasteiger partial charge < -0.3 is 44.6 Å². The lowest BCUT2D eigenvalue weighted by molar-refractivity contribution is -0.118. The van der Waals surface area contributed by atoms with E-state index in [2.05, 4.69) is 52.3 Å². The topological polar surface area (TPSA) is 400 Å². The number of aliphatic imine (C=N–C) groups is 1. The number of primary amides is 3. The quantitative estimate of drug-likeness (QED) is 0.0954. The van der Waals surface area contributed by atoms with E-state index in [0.29, 0.717) is 0 Å². The van der Waals surface area contributed by atoms with Crippen LogP contribution in [0.3, 0.4) is 0 Å². The largest absolute Gasteiger partial charge is 0.383 e. The van der Waals surface area contributed by atoms with E-state index in [1.54, 1.807) is 0 Å². The number of carbonyl (C=O) groups excluding carboxylic acids is 6. The molecule has 1 atom stereocenters. The molecule has 3 heterocycles. The second-order valence-corrected chi connectivity index (χ2v) is 7.46. The first-order chi connectivity index (χ1) is 21.1. The Hall–Kier alpha value is -6.97. The summed E-state index contributed by atoms with van der Waals surface area (Å²) in [6.07, 6.45) is 3.33. The molecular weight excluding hydrogens is 604 g/mol. The summed E-state index contributed by atoms with van der Waals surface area (Å²) in [5.41, 5.74) is 24.2. The molecule has 0 aliphatic carbocycles. The van der Waals surface area contributed by atoms with Crippen molar-refractivity contribution in [3.05, 3.63) is 34.5 Å². The number of hydrogen-bond acceptors (Lipinski definition) is 14. The van der Waals surface area contributed by atoms with E-state index in [4.69, 9.17) is 28.2 Å². The third kappa shape index (κ3) is 11.8. The highest BCUT2D eigenvalue weighted by Gasteiger charge is 2.16. The number of imidazole rings is 2. The van der Waals surface area contributed by atoms with Crippen LogP contribution in [0.5, 0.6) is 0 Å². The van der Waals surface area contributed by atoms with Gasteiger partial charge in [0.25, 0.3) is 11.8 Å². The zero-order valence-corrected chi connectivity index (χ0v) is 24.1. The van der Waals surface area contributed by atoms with Crippen molar-refractivity contribution in [3.63, 3.8) is 0 Å². The van der Waals surface area contributed by atoms with Crippen LogP contribution in [0.2, 0.25) is 0 Å². The number of nitriles is 1. The minimum atomic E-state index is -1.15. The summed E-state index contributed by atoms with van der Waals surface area (Å²) in [6.45, 7) is 0. The number of aromatic nitrogens is 7. The van der Waals surface area contributed by atoms with Gasteiger partial charge in [-0.3, -0.25) is 19.7 Å². The number of rotatable bonds is 4. The van der Waals surface area contributed by atoms with Gasteiger partial charge in [0.05, 0.1) is 6.07 Å². The zero-order valence-electron chi connectivity index (χ0n) is 24.1. The van der Waals surface area contributed by atoms with Crippen LogP contribution in [0, 0.1) is 11.3 Å². The highest BCUT2D eigenvalue weighted by molar-refractivity contribution is 5.97. The Morgan fingerprint density at radius 2 is 1.56 bits per heavy atom. The van der Waals surface area contributed by atoms with Gasteiger partial charge >= 0.3 is 23.8 Å². The molecule has 0 radical (unpaired) electrons. The lowest BCUT2D eigenvalue weighted by Crippen LogP contribution is -2.34. The predicted molar refractivity (Wildman–Crippen MR) is 153 cm³/mol. The Labute approximate surface area is 251 Å². The van der Waals surface area contributed by atoms with Crippen molar-refractivity contribution in [1.82, 2.24) is 55.2 Å². The summed E-state index contributed by atoms with van der Waals surface area (Å²) in [5, 5.41) is 24.0. The second-order valence-electron chi connectivity index (χ2n) is 7.46. The summed E-state index contributed by atoms with van der Waals surface area (Å²) in [4.78, 5) is 85.2. The highest BCUT2D eigenvalue weighted by Crippen LogP contribution is 2.07. The number of urea groups is 2. The van der Waals surface area contributed by atoms with Crippen molar-refractivity contribution < 1.29 is 28.8 Å². The van der Waals surface area contributed by atoms with Gasteiger partial charge in [-0.05, 0) is 0 Å². The van der Waals surface area contributed by atoms with Gasteiger partial charge in [0, 0.05) is 28.2 Å². The van der Waals surface area contributed by atoms with Crippen molar-refractivity contribution in [2.24, 2.45) is 35.0 Å². The number of nitrogens with two attached hydrogens (primary N) is 5. The molecule has 0 aromatic carbocycles. The van der Waals surface area contributed by atoms with Crippen LogP contribution in [0.4, 0.5) is 20.2 Å². The standard InChI is InChI=1S/C6H6N6O2.C6H9N5O2.C5H10N4O2.C3H5N3O/c1-11-6(14)12-2-8-3(4(7)13)5(12)9-10-11;1-9-6(13)11-2-10-3(4(11)7)5(8)12;1-6-4(10)8-3-9-5(11)7-2;4-1-2(5)3(6)7/h2H,1H3,(H2,7,13);2H,7H2,1H3,(H2,8,12)(H,9,13);3H,1-2H3,(H3,6,7,8,9,10,11);2H,5H2,(H2,6,7). The first-order valence-electron chi connectivity index (χ1n) is 11.7. The average Bonchev–Trinajstić information content (AvgIpc) is 3.63. The molecule has 3 rings (SSSR count). The van der Waals surface area contributed by atoms with Gasteiger partial charge in [-0.1, -0.05) is 5.21 Å². The van der Waals surface area contributed by atoms with Crippen LogP contribution in [-0.4, -0.2) is 103 Å². The molecule has 3 aromatic heterocycles. The first-order valence-corrected chi connectivity index (χ1v) is 11.7. The van der Waals surface area contributed by atoms with Crippen molar-refractivity contribution in [2.45, 2.75) is 6.04 Å². The smallest absolute Gasteiger partial charge is 0.352 e. The van der Waals surface area contributed by atoms with Gasteiger partial charge in [-0.2, -0.15) is 14.9 Å². The molecule has 0 bridgehead atoms. The molecule has 0 spiro atoms. The Kier molecular flexibility index (Phi) is 15.6. The van der Waals surface area contributed by atoms with Crippen LogP contribution in [0.25, 0.3) is 5.65 Å². The molecule has 8 amide bonds. The van der Waals surface area contributed by atoms with Crippen molar-refractivity contribution >= 4 is 53.6 Å². The molecular formula is C20H30N18O7. The molecule has 3 aromatic rings. The van der Waals surface area contributed by atoms with E-state index < -0.39 is 47.5 Å². The highest BCUT2D eigenvalue weighted by atomic mass is 16.2. The van der Waals surface area contributed by atoms with Gasteiger partial charge in [0.15, 0.2) is 23.1 Å². The molecule has 0 saturated heterocycles. The number of nitrogens with zero attached hydrogens (tertiary/aromatic N) is 9. The molecule has 0 saturated carbocycles. The van der Waals surface area contributed by atoms with Gasteiger partial charge in [-0.25, -0.2) is 38.1 Å². The minimum Gasteiger partial charge on any atom is -0.383 e. The number of nitrogens with one attached hydrogen (secondary N) is 4. The van der Waals surface area contributed by atoms with E-state index in [1.807, 2.05) is 0 Å². The van der Waals surface area contributed by atoms with Crippen molar-refractivity contribution in [1.29, 1.82) is 5.26 Å². The van der Waals surface area contributed by atoms with E-state index in [0.717, 1.165) is 26.3 Å². The Morgan fingerprint density at radius 1 is 0.978 bits per heavy atom. The number of fused-ring (bicyclic) bond motifs is 1. The molecule has 0 fully saturated rings. The monoisotopic (exact) mass is 634 g/mol. The lowest BCUT2D eigenvalue weighted by Gasteiger charge is -2.01. The molecule has 0 aliphatic heterocycles. The summed E-state index contributed by atoms with van der Waals surface area (Å²) in [5.74, 6) is -2.36. The number of carbonyl (C=O) groups is 6. The Morgan fingerprint density at radius 3 is 1.98 bits per heavy atom. The third-order valence-electron chi connectivity index (χ3n) is 4.47. The van der Waals surface area contributed by atoms with E-state index in [9.17, 15) is 33.6 Å². The Balaban J connectivity index is 0.000000591. The van der Waals surface area contributed by atoms with Crippen molar-refractivity contribution in [2.75, 3.05) is 26.9 Å². The summed E-state index contributed by atoms with van der Waals surface area (Å²) < 4.78 is 3.13. The van der Waals surface area contributed by atoms with E-state index in [-0.39, 0.29) is 22.9 Å². The van der Waals surface area contributed by atoms with E-state index >= 15 is 0 Å². The number of hydrogen-bond donors (Lipinski definition) is 9. The van der Waals surface area contributed by atoms with Crippen LogP contribution in [0.15, 0.2) is 22.4 Å². The third-order valence-corrected chi connectivity index (χ3v) is 4.47. The number of anilines is 1. The fraction of sp³-hybridized carbons (Fsp3) is 0.250. The lowest BCUT2D eigenvalue weighted by atomic mass is 10.3. The Bertz CT molecular complexity index is 1660. The normalized spacial score (nSPS) is 10.2. The van der Waals surface area contributed by atoms with Crippen LogP contribution in [0.1, 0.15) is 21.0 Å². The van der Waals surface area contributed by atoms with Crippen LogP contribution in [-0.2, 0) is 11.8 Å². The van der Waals surface area contributed by atoms with E-state index in [1.165, 1.54) is 40.6 Å². The molecule has 25 nitrogen and oxygen atoms in total. The molecule has 45 heavy (non-hydrogen) atoms.